The molecule has 6 nitrogen and oxygen atoms in total. The van der Waals surface area contributed by atoms with E-state index in [9.17, 15) is 9.59 Å². The maximum atomic E-state index is 11.8. The monoisotopic (exact) mass is 299 g/mol. The fourth-order valence-corrected chi connectivity index (χ4v) is 2.26. The van der Waals surface area contributed by atoms with E-state index in [1.54, 1.807) is 17.8 Å². The zero-order chi connectivity index (χ0) is 15.0. The molecule has 0 aromatic carbocycles. The third-order valence-corrected chi connectivity index (χ3v) is 3.11. The van der Waals surface area contributed by atoms with Crippen LogP contribution in [0.3, 0.4) is 0 Å². The van der Waals surface area contributed by atoms with Gasteiger partial charge in [0.25, 0.3) is 5.91 Å². The van der Waals surface area contributed by atoms with E-state index in [0.717, 1.165) is 6.42 Å². The van der Waals surface area contributed by atoms with Crippen LogP contribution in [0, 0.1) is 5.92 Å². The predicted molar refractivity (Wildman–Crippen MR) is 77.8 cm³/mol. The summed E-state index contributed by atoms with van der Waals surface area (Å²) in [6.07, 6.45) is 0.303. The second-order valence-electron chi connectivity index (χ2n) is 4.77. The van der Waals surface area contributed by atoms with Crippen LogP contribution in [0.2, 0.25) is 0 Å². The normalized spacial score (nSPS) is 12.0. The minimum atomic E-state index is -0.457. The molecule has 0 aliphatic heterocycles. The van der Waals surface area contributed by atoms with E-state index in [1.807, 2.05) is 0 Å². The Bertz CT molecular complexity index is 421. The molecule has 0 saturated carbocycles. The molecule has 1 rings (SSSR count). The van der Waals surface area contributed by atoms with Crippen LogP contribution in [-0.4, -0.2) is 36.2 Å². The van der Waals surface area contributed by atoms with Gasteiger partial charge in [-0.05, 0) is 19.3 Å². The SMILES string of the molecule is CCOC(=O)N[C@H](CNC(=O)c1cscn1)CC(C)C. The number of ether oxygens (including phenoxy) is 1. The lowest BCUT2D eigenvalue weighted by molar-refractivity contribution is 0.0940. The summed E-state index contributed by atoms with van der Waals surface area (Å²) in [7, 11) is 0. The lowest BCUT2D eigenvalue weighted by atomic mass is 10.0. The number of thiazole rings is 1. The lowest BCUT2D eigenvalue weighted by Gasteiger charge is -2.20. The number of carbonyl (C=O) groups excluding carboxylic acids is 2. The Morgan fingerprint density at radius 1 is 1.45 bits per heavy atom. The van der Waals surface area contributed by atoms with Crippen molar-refractivity contribution in [3.8, 4) is 0 Å². The molecule has 0 aliphatic carbocycles. The highest BCUT2D eigenvalue weighted by molar-refractivity contribution is 7.07. The highest BCUT2D eigenvalue weighted by atomic mass is 32.1. The number of aromatic nitrogens is 1. The van der Waals surface area contributed by atoms with Crippen molar-refractivity contribution in [3.63, 3.8) is 0 Å². The van der Waals surface area contributed by atoms with Gasteiger partial charge in [-0.15, -0.1) is 11.3 Å². The van der Waals surface area contributed by atoms with Gasteiger partial charge in [0.1, 0.15) is 5.69 Å². The van der Waals surface area contributed by atoms with E-state index < -0.39 is 6.09 Å². The van der Waals surface area contributed by atoms with E-state index >= 15 is 0 Å². The Kier molecular flexibility index (Phi) is 7.00. The van der Waals surface area contributed by atoms with Crippen molar-refractivity contribution >= 4 is 23.3 Å². The number of carbonyl (C=O) groups is 2. The smallest absolute Gasteiger partial charge is 0.407 e. The van der Waals surface area contributed by atoms with Crippen molar-refractivity contribution < 1.29 is 14.3 Å². The summed E-state index contributed by atoms with van der Waals surface area (Å²) >= 11 is 1.37. The minimum Gasteiger partial charge on any atom is -0.450 e. The van der Waals surface area contributed by atoms with E-state index in [0.29, 0.717) is 24.8 Å². The average Bonchev–Trinajstić information content (AvgIpc) is 2.89. The first kappa shape index (κ1) is 16.4. The van der Waals surface area contributed by atoms with Crippen molar-refractivity contribution in [1.29, 1.82) is 0 Å². The Labute approximate surface area is 122 Å². The van der Waals surface area contributed by atoms with Crippen LogP contribution in [0.15, 0.2) is 10.9 Å². The Morgan fingerprint density at radius 2 is 2.20 bits per heavy atom. The van der Waals surface area contributed by atoms with Gasteiger partial charge in [0.15, 0.2) is 0 Å². The third kappa shape index (κ3) is 6.01. The van der Waals surface area contributed by atoms with Crippen LogP contribution in [0.25, 0.3) is 0 Å². The van der Waals surface area contributed by atoms with Gasteiger partial charge in [0.05, 0.1) is 12.1 Å². The molecule has 1 aromatic rings. The summed E-state index contributed by atoms with van der Waals surface area (Å²) < 4.78 is 4.86. The molecule has 2 amide bonds. The Balaban J connectivity index is 2.47. The third-order valence-electron chi connectivity index (χ3n) is 2.53. The van der Waals surface area contributed by atoms with Crippen molar-refractivity contribution in [3.05, 3.63) is 16.6 Å². The summed E-state index contributed by atoms with van der Waals surface area (Å²) in [5, 5.41) is 7.22. The molecule has 0 saturated heterocycles. The number of hydrogen-bond acceptors (Lipinski definition) is 5. The molecule has 2 N–H and O–H groups in total. The first-order chi connectivity index (χ1) is 9.52. The summed E-state index contributed by atoms with van der Waals surface area (Å²) in [5.41, 5.74) is 2.01. The van der Waals surface area contributed by atoms with Gasteiger partial charge in [0, 0.05) is 18.0 Å². The zero-order valence-corrected chi connectivity index (χ0v) is 12.8. The van der Waals surface area contributed by atoms with Gasteiger partial charge in [-0.2, -0.15) is 0 Å². The molecule has 1 atom stereocenters. The molecule has 0 unspecified atom stereocenters. The zero-order valence-electron chi connectivity index (χ0n) is 12.0. The van der Waals surface area contributed by atoms with Crippen LogP contribution < -0.4 is 10.6 Å². The molecule has 1 aromatic heterocycles. The maximum absolute atomic E-state index is 11.8. The first-order valence-corrected chi connectivity index (χ1v) is 7.56. The maximum Gasteiger partial charge on any atom is 0.407 e. The topological polar surface area (TPSA) is 80.3 Å². The molecular formula is C13H21N3O3S. The number of hydrogen-bond donors (Lipinski definition) is 2. The highest BCUT2D eigenvalue weighted by Crippen LogP contribution is 2.05. The molecule has 112 valence electrons. The summed E-state index contributed by atoms with van der Waals surface area (Å²) in [5.74, 6) is 0.170. The number of amides is 2. The molecule has 1 heterocycles. The number of rotatable bonds is 7. The van der Waals surface area contributed by atoms with Crippen LogP contribution >= 0.6 is 11.3 Å². The van der Waals surface area contributed by atoms with Crippen LogP contribution in [0.4, 0.5) is 4.79 Å². The summed E-state index contributed by atoms with van der Waals surface area (Å²) in [4.78, 5) is 27.2. The van der Waals surface area contributed by atoms with E-state index in [2.05, 4.69) is 29.5 Å². The molecule has 7 heteroatoms. The summed E-state index contributed by atoms with van der Waals surface area (Å²) in [6, 6.07) is -0.156. The van der Waals surface area contributed by atoms with Gasteiger partial charge in [0.2, 0.25) is 0 Å². The van der Waals surface area contributed by atoms with Crippen LogP contribution in [-0.2, 0) is 4.74 Å². The molecule has 0 aliphatic rings. The molecule has 0 fully saturated rings. The van der Waals surface area contributed by atoms with Crippen molar-refractivity contribution in [2.75, 3.05) is 13.2 Å². The van der Waals surface area contributed by atoms with Crippen molar-refractivity contribution in [1.82, 2.24) is 15.6 Å². The number of nitrogens with one attached hydrogen (secondary N) is 2. The second-order valence-corrected chi connectivity index (χ2v) is 5.49. The fraction of sp³-hybridized carbons (Fsp3) is 0.615. The largest absolute Gasteiger partial charge is 0.450 e. The lowest BCUT2D eigenvalue weighted by Crippen LogP contribution is -2.44. The molecule has 0 spiro atoms. The average molecular weight is 299 g/mol. The number of alkyl carbamates (subject to hydrolysis) is 1. The Hall–Kier alpha value is -1.63. The van der Waals surface area contributed by atoms with Gasteiger partial charge < -0.3 is 15.4 Å². The standard InChI is InChI=1S/C13H21N3O3S/c1-4-19-13(18)16-10(5-9(2)3)6-14-12(17)11-7-20-8-15-11/h7-10H,4-6H2,1-3H3,(H,14,17)(H,16,18)/t10-/m0/s1. The van der Waals surface area contributed by atoms with Crippen LogP contribution in [0.5, 0.6) is 0 Å². The molecule has 0 radical (unpaired) electrons. The van der Waals surface area contributed by atoms with Crippen LogP contribution in [0.1, 0.15) is 37.7 Å². The predicted octanol–water partition coefficient (Wildman–Crippen LogP) is 2.03. The van der Waals surface area contributed by atoms with Gasteiger partial charge in [-0.25, -0.2) is 9.78 Å². The van der Waals surface area contributed by atoms with E-state index in [-0.39, 0.29) is 11.9 Å². The quantitative estimate of drug-likeness (QED) is 0.807. The van der Waals surface area contributed by atoms with Gasteiger partial charge in [-0.3, -0.25) is 4.79 Å². The van der Waals surface area contributed by atoms with Gasteiger partial charge in [-0.1, -0.05) is 13.8 Å². The van der Waals surface area contributed by atoms with E-state index in [4.69, 9.17) is 4.74 Å². The summed E-state index contributed by atoms with van der Waals surface area (Å²) in [6.45, 7) is 6.55. The van der Waals surface area contributed by atoms with E-state index in [1.165, 1.54) is 11.3 Å². The molecular weight excluding hydrogens is 278 g/mol. The fourth-order valence-electron chi connectivity index (χ4n) is 1.73. The molecule has 20 heavy (non-hydrogen) atoms. The minimum absolute atomic E-state index is 0.156. The number of nitrogens with zero attached hydrogens (tertiary/aromatic N) is 1. The Morgan fingerprint density at radius 3 is 2.75 bits per heavy atom. The van der Waals surface area contributed by atoms with Gasteiger partial charge >= 0.3 is 6.09 Å². The first-order valence-electron chi connectivity index (χ1n) is 6.62. The van der Waals surface area contributed by atoms with Crippen molar-refractivity contribution in [2.24, 2.45) is 5.92 Å². The van der Waals surface area contributed by atoms with Crippen molar-refractivity contribution in [2.45, 2.75) is 33.2 Å². The molecule has 0 bridgehead atoms. The second kappa shape index (κ2) is 8.52. The highest BCUT2D eigenvalue weighted by Gasteiger charge is 2.16.